The Balaban J connectivity index is 1.65. The number of hydrogen-bond acceptors (Lipinski definition) is 0. The van der Waals surface area contributed by atoms with Gasteiger partial charge in [0.2, 0.25) is 0 Å². The Bertz CT molecular complexity index is 396. The molecule has 0 aromatic carbocycles. The molecule has 0 saturated carbocycles. The highest BCUT2D eigenvalue weighted by Gasteiger charge is 2.35. The van der Waals surface area contributed by atoms with Gasteiger partial charge in [-0.2, -0.15) is 0 Å². The Kier molecular flexibility index (Phi) is 8.67. The molecule has 27 heavy (non-hydrogen) atoms. The number of likely N-dealkylation sites (tertiary alicyclic amines) is 2. The van der Waals surface area contributed by atoms with Gasteiger partial charge >= 0.3 is 0 Å². The Labute approximate surface area is 173 Å². The molecule has 0 aromatic heterocycles. The van der Waals surface area contributed by atoms with Gasteiger partial charge in [-0.15, -0.1) is 0 Å². The third-order valence-corrected chi connectivity index (χ3v) is 14.3. The first kappa shape index (κ1) is 23.6. The summed E-state index contributed by atoms with van der Waals surface area (Å²) in [7, 11) is 3.04. The molecule has 160 valence electrons. The van der Waals surface area contributed by atoms with E-state index < -0.39 is 16.1 Å². The number of piperidine rings is 2. The van der Waals surface area contributed by atoms with E-state index in [9.17, 15) is 0 Å². The van der Waals surface area contributed by atoms with Crippen molar-refractivity contribution in [2.24, 2.45) is 0 Å². The van der Waals surface area contributed by atoms with Gasteiger partial charge in [-0.25, -0.2) is 0 Å². The molecule has 0 amide bonds. The van der Waals surface area contributed by atoms with Gasteiger partial charge in [-0.3, -0.25) is 0 Å². The highest BCUT2D eigenvalue weighted by molar-refractivity contribution is 6.77. The van der Waals surface area contributed by atoms with E-state index in [1.54, 1.807) is 12.1 Å². The van der Waals surface area contributed by atoms with Crippen LogP contribution in [-0.2, 0) is 0 Å². The molecule has 0 aromatic rings. The smallest absolute Gasteiger partial charge is 0.113 e. The van der Waals surface area contributed by atoms with Crippen LogP contribution in [0.3, 0.4) is 0 Å². The van der Waals surface area contributed by atoms with Crippen molar-refractivity contribution in [3.05, 3.63) is 0 Å². The van der Waals surface area contributed by atoms with Crippen LogP contribution in [0.4, 0.5) is 0 Å². The molecule has 0 radical (unpaired) electrons. The van der Waals surface area contributed by atoms with Crippen molar-refractivity contribution in [1.82, 2.24) is 0 Å². The summed E-state index contributed by atoms with van der Waals surface area (Å²) in [5.41, 5.74) is 0. The first-order valence-corrected chi connectivity index (χ1v) is 19.0. The molecule has 2 fully saturated rings. The van der Waals surface area contributed by atoms with Gasteiger partial charge in [0, 0.05) is 0 Å². The number of nitrogens with zero attached hydrogens (tertiary/aromatic N) is 2. The lowest BCUT2D eigenvalue weighted by molar-refractivity contribution is -0.904. The van der Waals surface area contributed by atoms with E-state index in [4.69, 9.17) is 0 Å². The summed E-state index contributed by atoms with van der Waals surface area (Å²) < 4.78 is 2.80. The summed E-state index contributed by atoms with van der Waals surface area (Å²) >= 11 is 0. The second-order valence-corrected chi connectivity index (χ2v) is 22.7. The predicted molar refractivity (Wildman–Crippen MR) is 128 cm³/mol. The third-order valence-electron chi connectivity index (χ3n) is 7.62. The lowest BCUT2D eigenvalue weighted by Gasteiger charge is -2.42. The highest BCUT2D eigenvalue weighted by Crippen LogP contribution is 2.26. The zero-order chi connectivity index (χ0) is 20.0. The van der Waals surface area contributed by atoms with Crippen LogP contribution in [0.2, 0.25) is 38.3 Å². The molecule has 0 N–H and O–H groups in total. The van der Waals surface area contributed by atoms with Crippen molar-refractivity contribution < 1.29 is 8.97 Å². The SMILES string of the molecule is C[N+]1(C[Si](C)(C)CCCCC[Si](C)(C)C[N+]2(C)CCCCC2)CCCCC1. The largest absolute Gasteiger partial charge is 0.329 e. The predicted octanol–water partition coefficient (Wildman–Crippen LogP) is 5.91. The van der Waals surface area contributed by atoms with Crippen LogP contribution in [0.25, 0.3) is 0 Å². The van der Waals surface area contributed by atoms with Crippen molar-refractivity contribution in [3.8, 4) is 0 Å². The fraction of sp³-hybridized carbons (Fsp3) is 1.00. The van der Waals surface area contributed by atoms with Crippen LogP contribution in [0.5, 0.6) is 0 Å². The van der Waals surface area contributed by atoms with Gasteiger partial charge < -0.3 is 8.97 Å². The average molecular weight is 413 g/mol. The minimum Gasteiger partial charge on any atom is -0.329 e. The Morgan fingerprint density at radius 1 is 0.519 bits per heavy atom. The standard InChI is InChI=1S/C23H52N2Si2/c1-24(16-10-7-11-17-24)22-26(3,4)20-14-9-15-21-27(5,6)23-25(2)18-12-8-13-19-25/h7-23H2,1-6H3/q+2. The van der Waals surface area contributed by atoms with Crippen LogP contribution in [0, 0.1) is 0 Å². The lowest BCUT2D eigenvalue weighted by Crippen LogP contribution is -2.56. The molecule has 0 unspecified atom stereocenters. The maximum Gasteiger partial charge on any atom is 0.113 e. The van der Waals surface area contributed by atoms with E-state index in [1.165, 1.54) is 105 Å². The monoisotopic (exact) mass is 412 g/mol. The van der Waals surface area contributed by atoms with Crippen molar-refractivity contribution in [3.63, 3.8) is 0 Å². The van der Waals surface area contributed by atoms with Crippen molar-refractivity contribution in [2.75, 3.05) is 52.6 Å². The minimum absolute atomic E-state index is 1.03. The molecule has 0 aliphatic carbocycles. The van der Waals surface area contributed by atoms with Crippen LogP contribution in [0.1, 0.15) is 57.8 Å². The maximum atomic E-state index is 2.67. The summed E-state index contributed by atoms with van der Waals surface area (Å²) in [6, 6.07) is 3.13. The van der Waals surface area contributed by atoms with E-state index in [0.717, 1.165) is 0 Å². The number of quaternary nitrogens is 2. The lowest BCUT2D eigenvalue weighted by atomic mass is 10.1. The summed E-state index contributed by atoms with van der Waals surface area (Å²) in [6.07, 6.45) is 16.4. The van der Waals surface area contributed by atoms with Gasteiger partial charge in [0.25, 0.3) is 0 Å². The molecular weight excluding hydrogens is 360 g/mol. The topological polar surface area (TPSA) is 0 Å². The van der Waals surface area contributed by atoms with E-state index in [0.29, 0.717) is 0 Å². The Hall–Kier alpha value is 0.354. The van der Waals surface area contributed by atoms with Gasteiger partial charge in [-0.1, -0.05) is 57.5 Å². The second-order valence-electron chi connectivity index (χ2n) is 12.5. The van der Waals surface area contributed by atoms with Crippen LogP contribution >= 0.6 is 0 Å². The normalized spacial score (nSPS) is 23.3. The third kappa shape index (κ3) is 8.71. The zero-order valence-electron chi connectivity index (χ0n) is 19.9. The van der Waals surface area contributed by atoms with E-state index >= 15 is 0 Å². The van der Waals surface area contributed by atoms with Crippen molar-refractivity contribution in [2.45, 2.75) is 96.1 Å². The molecule has 2 aliphatic rings. The highest BCUT2D eigenvalue weighted by atomic mass is 28.3. The van der Waals surface area contributed by atoms with E-state index in [2.05, 4.69) is 40.3 Å². The number of rotatable bonds is 10. The van der Waals surface area contributed by atoms with Gasteiger partial charge in [0.1, 0.15) is 16.1 Å². The van der Waals surface area contributed by atoms with Crippen LogP contribution in [0.15, 0.2) is 0 Å². The molecule has 2 nitrogen and oxygen atoms in total. The molecule has 2 heterocycles. The minimum atomic E-state index is -1.03. The fourth-order valence-corrected chi connectivity index (χ4v) is 14.0. The second kappa shape index (κ2) is 9.91. The number of hydrogen-bond donors (Lipinski definition) is 0. The summed E-state index contributed by atoms with van der Waals surface area (Å²) in [5.74, 6) is 0. The zero-order valence-corrected chi connectivity index (χ0v) is 21.9. The van der Waals surface area contributed by atoms with E-state index in [1.807, 2.05) is 0 Å². The Morgan fingerprint density at radius 2 is 0.852 bits per heavy atom. The van der Waals surface area contributed by atoms with Crippen LogP contribution < -0.4 is 0 Å². The van der Waals surface area contributed by atoms with Crippen LogP contribution in [-0.4, -0.2) is 77.7 Å². The molecule has 2 saturated heterocycles. The first-order valence-electron chi connectivity index (χ1n) is 12.2. The number of unbranched alkanes of at least 4 members (excludes halogenated alkanes) is 2. The molecule has 2 rings (SSSR count). The molecule has 0 bridgehead atoms. The fourth-order valence-electron chi connectivity index (χ4n) is 6.48. The molecule has 0 spiro atoms. The van der Waals surface area contributed by atoms with Gasteiger partial charge in [-0.05, 0) is 38.5 Å². The summed E-state index contributed by atoms with van der Waals surface area (Å²) in [6.45, 7) is 16.5. The van der Waals surface area contributed by atoms with E-state index in [-0.39, 0.29) is 0 Å². The average Bonchev–Trinajstić information content (AvgIpc) is 2.53. The maximum absolute atomic E-state index is 2.67. The quantitative estimate of drug-likeness (QED) is 0.237. The first-order chi connectivity index (χ1) is 12.5. The molecule has 2 aliphatic heterocycles. The molecule has 0 atom stereocenters. The molecular formula is C23H52N2Si2+2. The molecule has 4 heteroatoms. The summed E-state index contributed by atoms with van der Waals surface area (Å²) in [5, 5.41) is 0. The Morgan fingerprint density at radius 3 is 1.19 bits per heavy atom. The summed E-state index contributed by atoms with van der Waals surface area (Å²) in [4.78, 5) is 0. The van der Waals surface area contributed by atoms with Gasteiger partial charge in [0.05, 0.1) is 52.6 Å². The van der Waals surface area contributed by atoms with Crippen molar-refractivity contribution in [1.29, 1.82) is 0 Å². The van der Waals surface area contributed by atoms with Crippen molar-refractivity contribution >= 4 is 16.1 Å². The van der Waals surface area contributed by atoms with Gasteiger partial charge in [0.15, 0.2) is 0 Å².